The zero-order chi connectivity index (χ0) is 13.8. The maximum atomic E-state index is 13.5. The van der Waals surface area contributed by atoms with Gasteiger partial charge in [-0.25, -0.2) is 4.39 Å². The molecule has 0 radical (unpaired) electrons. The molecule has 5 heteroatoms. The van der Waals surface area contributed by atoms with Crippen molar-refractivity contribution in [2.45, 2.75) is 6.54 Å². The average Bonchev–Trinajstić information content (AvgIpc) is 2.41. The fourth-order valence-electron chi connectivity index (χ4n) is 1.75. The van der Waals surface area contributed by atoms with E-state index in [1.807, 2.05) is 24.3 Å². The van der Waals surface area contributed by atoms with Gasteiger partial charge in [-0.1, -0.05) is 18.2 Å². The van der Waals surface area contributed by atoms with Crippen LogP contribution in [-0.2, 0) is 6.54 Å². The van der Waals surface area contributed by atoms with E-state index in [-0.39, 0.29) is 5.82 Å². The van der Waals surface area contributed by atoms with E-state index in [2.05, 4.69) is 21.2 Å². The zero-order valence-corrected chi connectivity index (χ0v) is 12.0. The molecule has 0 heterocycles. The van der Waals surface area contributed by atoms with Crippen LogP contribution in [0.3, 0.4) is 0 Å². The summed E-state index contributed by atoms with van der Waals surface area (Å²) >= 11 is 3.10. The van der Waals surface area contributed by atoms with Crippen molar-refractivity contribution in [2.24, 2.45) is 0 Å². The van der Waals surface area contributed by atoms with Crippen molar-refractivity contribution < 1.29 is 9.13 Å². The molecule has 0 spiro atoms. The minimum atomic E-state index is -0.350. The monoisotopic (exact) mass is 324 g/mol. The first kappa shape index (κ1) is 13.7. The molecule has 3 N–H and O–H groups in total. The third-order valence-corrected chi connectivity index (χ3v) is 3.36. The van der Waals surface area contributed by atoms with Crippen LogP contribution in [0.15, 0.2) is 40.9 Å². The predicted molar refractivity (Wildman–Crippen MR) is 78.8 cm³/mol. The standard InChI is InChI=1S/C14H14BrFN2O/c1-19-14-5-3-2-4-9(14)8-18-13-7-11(16)10(15)6-12(13)17/h2-7,18H,8,17H2,1H3. The van der Waals surface area contributed by atoms with Gasteiger partial charge in [0, 0.05) is 18.2 Å². The van der Waals surface area contributed by atoms with Gasteiger partial charge in [-0.2, -0.15) is 0 Å². The SMILES string of the molecule is COc1ccccc1CNc1cc(F)c(Br)cc1N. The number of hydrogen-bond acceptors (Lipinski definition) is 3. The number of nitrogens with one attached hydrogen (secondary N) is 1. The molecule has 0 fully saturated rings. The van der Waals surface area contributed by atoms with Crippen LogP contribution in [0.5, 0.6) is 5.75 Å². The molecule has 19 heavy (non-hydrogen) atoms. The molecule has 0 aromatic heterocycles. The minimum Gasteiger partial charge on any atom is -0.496 e. The lowest BCUT2D eigenvalue weighted by Crippen LogP contribution is -2.04. The van der Waals surface area contributed by atoms with Gasteiger partial charge in [-0.05, 0) is 28.1 Å². The Balaban J connectivity index is 2.17. The van der Waals surface area contributed by atoms with Crippen molar-refractivity contribution >= 4 is 27.3 Å². The molecule has 0 aliphatic heterocycles. The quantitative estimate of drug-likeness (QED) is 0.841. The van der Waals surface area contributed by atoms with Crippen molar-refractivity contribution in [3.05, 3.63) is 52.3 Å². The van der Waals surface area contributed by atoms with Crippen molar-refractivity contribution in [3.8, 4) is 5.75 Å². The highest BCUT2D eigenvalue weighted by molar-refractivity contribution is 9.10. The summed E-state index contributed by atoms with van der Waals surface area (Å²) in [4.78, 5) is 0. The molecule has 0 atom stereocenters. The fraction of sp³-hybridized carbons (Fsp3) is 0.143. The summed E-state index contributed by atoms with van der Waals surface area (Å²) in [5.41, 5.74) is 7.86. The van der Waals surface area contributed by atoms with E-state index in [9.17, 15) is 4.39 Å². The minimum absolute atomic E-state index is 0.350. The molecule has 0 amide bonds. The number of para-hydroxylation sites is 1. The van der Waals surface area contributed by atoms with Crippen LogP contribution in [0.2, 0.25) is 0 Å². The molecule has 2 aromatic rings. The summed E-state index contributed by atoms with van der Waals surface area (Å²) in [6.45, 7) is 0.509. The number of nitrogen functional groups attached to an aromatic ring is 1. The molecule has 0 unspecified atom stereocenters. The van der Waals surface area contributed by atoms with E-state index in [4.69, 9.17) is 10.5 Å². The lowest BCUT2D eigenvalue weighted by molar-refractivity contribution is 0.410. The first-order valence-electron chi connectivity index (χ1n) is 5.72. The van der Waals surface area contributed by atoms with E-state index in [1.165, 1.54) is 6.07 Å². The summed E-state index contributed by atoms with van der Waals surface area (Å²) in [7, 11) is 1.62. The van der Waals surface area contributed by atoms with Crippen LogP contribution in [0.4, 0.5) is 15.8 Å². The Labute approximate surface area is 119 Å². The molecule has 0 aliphatic rings. The third kappa shape index (κ3) is 3.17. The highest BCUT2D eigenvalue weighted by atomic mass is 79.9. The van der Waals surface area contributed by atoms with Crippen molar-refractivity contribution in [1.29, 1.82) is 0 Å². The number of hydrogen-bond donors (Lipinski definition) is 2. The van der Waals surface area contributed by atoms with Crippen LogP contribution < -0.4 is 15.8 Å². The molecule has 0 saturated heterocycles. The Bertz CT molecular complexity index is 590. The molecule has 100 valence electrons. The van der Waals surface area contributed by atoms with Gasteiger partial charge in [0.25, 0.3) is 0 Å². The lowest BCUT2D eigenvalue weighted by Gasteiger charge is -2.12. The molecular weight excluding hydrogens is 311 g/mol. The number of halogens is 2. The number of anilines is 2. The number of rotatable bonds is 4. The average molecular weight is 325 g/mol. The number of methoxy groups -OCH3 is 1. The third-order valence-electron chi connectivity index (χ3n) is 2.75. The van der Waals surface area contributed by atoms with Gasteiger partial charge in [0.1, 0.15) is 11.6 Å². The van der Waals surface area contributed by atoms with Crippen LogP contribution in [0.1, 0.15) is 5.56 Å². The number of nitrogens with two attached hydrogens (primary N) is 1. The molecule has 2 aromatic carbocycles. The molecule has 0 saturated carbocycles. The highest BCUT2D eigenvalue weighted by Gasteiger charge is 2.07. The zero-order valence-electron chi connectivity index (χ0n) is 10.4. The van der Waals surface area contributed by atoms with Gasteiger partial charge < -0.3 is 15.8 Å². The summed E-state index contributed by atoms with van der Waals surface area (Å²) in [5, 5.41) is 3.11. The Morgan fingerprint density at radius 2 is 2.05 bits per heavy atom. The Morgan fingerprint density at radius 3 is 2.79 bits per heavy atom. The lowest BCUT2D eigenvalue weighted by atomic mass is 10.2. The maximum absolute atomic E-state index is 13.5. The Morgan fingerprint density at radius 1 is 1.32 bits per heavy atom. The Kier molecular flexibility index (Phi) is 4.27. The largest absolute Gasteiger partial charge is 0.496 e. The second-order valence-corrected chi connectivity index (χ2v) is 4.87. The van der Waals surface area contributed by atoms with E-state index < -0.39 is 0 Å². The summed E-state index contributed by atoms with van der Waals surface area (Å²) in [6, 6.07) is 10.6. The van der Waals surface area contributed by atoms with E-state index >= 15 is 0 Å². The molecule has 3 nitrogen and oxygen atoms in total. The highest BCUT2D eigenvalue weighted by Crippen LogP contribution is 2.27. The van der Waals surface area contributed by atoms with Crippen LogP contribution >= 0.6 is 15.9 Å². The van der Waals surface area contributed by atoms with Gasteiger partial charge in [-0.15, -0.1) is 0 Å². The number of benzene rings is 2. The van der Waals surface area contributed by atoms with Gasteiger partial charge in [0.15, 0.2) is 0 Å². The van der Waals surface area contributed by atoms with E-state index in [0.29, 0.717) is 22.4 Å². The molecular formula is C14H14BrFN2O. The van der Waals surface area contributed by atoms with Crippen LogP contribution in [0.25, 0.3) is 0 Å². The molecule has 0 aliphatic carbocycles. The van der Waals surface area contributed by atoms with Crippen LogP contribution in [0, 0.1) is 5.82 Å². The smallest absolute Gasteiger partial charge is 0.139 e. The Hall–Kier alpha value is -1.75. The van der Waals surface area contributed by atoms with Crippen molar-refractivity contribution in [1.82, 2.24) is 0 Å². The fourth-order valence-corrected chi connectivity index (χ4v) is 2.12. The molecule has 2 rings (SSSR count). The van der Waals surface area contributed by atoms with Gasteiger partial charge >= 0.3 is 0 Å². The normalized spacial score (nSPS) is 10.3. The summed E-state index contributed by atoms with van der Waals surface area (Å²) in [5.74, 6) is 0.433. The van der Waals surface area contributed by atoms with Crippen molar-refractivity contribution in [3.63, 3.8) is 0 Å². The summed E-state index contributed by atoms with van der Waals surface area (Å²) < 4.78 is 19.1. The van der Waals surface area contributed by atoms with Gasteiger partial charge in [0.2, 0.25) is 0 Å². The van der Waals surface area contributed by atoms with Crippen LogP contribution in [-0.4, -0.2) is 7.11 Å². The summed E-state index contributed by atoms with van der Waals surface area (Å²) in [6.07, 6.45) is 0. The van der Waals surface area contributed by atoms with E-state index in [0.717, 1.165) is 11.3 Å². The van der Waals surface area contributed by atoms with Crippen molar-refractivity contribution in [2.75, 3.05) is 18.2 Å². The first-order valence-corrected chi connectivity index (χ1v) is 6.51. The van der Waals surface area contributed by atoms with Gasteiger partial charge in [0.05, 0.1) is 23.0 Å². The van der Waals surface area contributed by atoms with E-state index in [1.54, 1.807) is 13.2 Å². The first-order chi connectivity index (χ1) is 9.11. The molecule has 0 bridgehead atoms. The second-order valence-electron chi connectivity index (χ2n) is 4.02. The number of ether oxygens (including phenoxy) is 1. The maximum Gasteiger partial charge on any atom is 0.139 e. The van der Waals surface area contributed by atoms with Gasteiger partial charge in [-0.3, -0.25) is 0 Å². The predicted octanol–water partition coefficient (Wildman–Crippen LogP) is 3.79. The second kappa shape index (κ2) is 5.93. The topological polar surface area (TPSA) is 47.3 Å².